The molecular formula is C12H22O2. The van der Waals surface area contributed by atoms with Crippen molar-refractivity contribution in [2.24, 2.45) is 11.8 Å². The first-order valence-electron chi connectivity index (χ1n) is 5.85. The van der Waals surface area contributed by atoms with Gasteiger partial charge in [-0.05, 0) is 25.2 Å². The van der Waals surface area contributed by atoms with Crippen LogP contribution in [0.4, 0.5) is 0 Å². The molecule has 1 atom stereocenters. The Kier molecular flexibility index (Phi) is 4.43. The van der Waals surface area contributed by atoms with Gasteiger partial charge in [0.2, 0.25) is 0 Å². The molecule has 0 heterocycles. The van der Waals surface area contributed by atoms with Crippen molar-refractivity contribution in [3.8, 4) is 0 Å². The molecule has 0 aromatic heterocycles. The Balaban J connectivity index is 2.37. The van der Waals surface area contributed by atoms with Crippen molar-refractivity contribution >= 4 is 5.97 Å². The van der Waals surface area contributed by atoms with Crippen LogP contribution in [0.1, 0.15) is 52.9 Å². The zero-order valence-electron chi connectivity index (χ0n) is 9.58. The van der Waals surface area contributed by atoms with E-state index in [4.69, 9.17) is 4.74 Å². The van der Waals surface area contributed by atoms with E-state index in [1.807, 2.05) is 0 Å². The van der Waals surface area contributed by atoms with Gasteiger partial charge in [0.05, 0.1) is 5.92 Å². The fraction of sp³-hybridized carbons (Fsp3) is 0.917. The summed E-state index contributed by atoms with van der Waals surface area (Å²) in [7, 11) is 0. The van der Waals surface area contributed by atoms with Crippen LogP contribution >= 0.6 is 0 Å². The zero-order valence-corrected chi connectivity index (χ0v) is 9.58. The predicted molar refractivity (Wildman–Crippen MR) is 57.0 cm³/mol. The molecule has 1 aliphatic carbocycles. The summed E-state index contributed by atoms with van der Waals surface area (Å²) in [4.78, 5) is 11.7. The number of rotatable bonds is 4. The lowest BCUT2D eigenvalue weighted by atomic mass is 10.0. The minimum absolute atomic E-state index is 0.0445. The first-order valence-corrected chi connectivity index (χ1v) is 5.85. The third-order valence-corrected chi connectivity index (χ3v) is 3.10. The first kappa shape index (κ1) is 11.5. The lowest BCUT2D eigenvalue weighted by Crippen LogP contribution is -2.26. The van der Waals surface area contributed by atoms with Crippen LogP contribution in [0.5, 0.6) is 0 Å². The molecule has 0 aliphatic heterocycles. The summed E-state index contributed by atoms with van der Waals surface area (Å²) >= 11 is 0. The fourth-order valence-corrected chi connectivity index (χ4v) is 2.10. The largest absolute Gasteiger partial charge is 0.462 e. The second-order valence-corrected chi connectivity index (χ2v) is 4.61. The third kappa shape index (κ3) is 3.00. The maximum Gasteiger partial charge on any atom is 0.309 e. The van der Waals surface area contributed by atoms with Crippen LogP contribution in [-0.4, -0.2) is 12.1 Å². The SMILES string of the molecule is CCC(OC(=O)C1CCCC1)C(C)C. The molecule has 0 amide bonds. The van der Waals surface area contributed by atoms with Gasteiger partial charge in [-0.15, -0.1) is 0 Å². The maximum absolute atomic E-state index is 11.7. The Bertz CT molecular complexity index is 181. The summed E-state index contributed by atoms with van der Waals surface area (Å²) in [5.74, 6) is 0.677. The monoisotopic (exact) mass is 198 g/mol. The number of esters is 1. The van der Waals surface area contributed by atoms with Crippen molar-refractivity contribution < 1.29 is 9.53 Å². The van der Waals surface area contributed by atoms with Crippen LogP contribution in [0.25, 0.3) is 0 Å². The van der Waals surface area contributed by atoms with Gasteiger partial charge in [-0.1, -0.05) is 33.6 Å². The number of ether oxygens (including phenoxy) is 1. The summed E-state index contributed by atoms with van der Waals surface area (Å²) in [6, 6.07) is 0. The molecule has 0 bridgehead atoms. The molecule has 2 heteroatoms. The predicted octanol–water partition coefficient (Wildman–Crippen LogP) is 3.15. The molecule has 0 spiro atoms. The topological polar surface area (TPSA) is 26.3 Å². The number of hydrogen-bond acceptors (Lipinski definition) is 2. The van der Waals surface area contributed by atoms with E-state index in [-0.39, 0.29) is 18.0 Å². The van der Waals surface area contributed by atoms with Crippen molar-refractivity contribution in [2.75, 3.05) is 0 Å². The van der Waals surface area contributed by atoms with Gasteiger partial charge in [-0.25, -0.2) is 0 Å². The van der Waals surface area contributed by atoms with Crippen molar-refractivity contribution in [2.45, 2.75) is 59.0 Å². The quantitative estimate of drug-likeness (QED) is 0.649. The second-order valence-electron chi connectivity index (χ2n) is 4.61. The number of carbonyl (C=O) groups excluding carboxylic acids is 1. The lowest BCUT2D eigenvalue weighted by molar-refractivity contribution is -0.156. The molecule has 2 nitrogen and oxygen atoms in total. The summed E-state index contributed by atoms with van der Waals surface area (Å²) in [6.07, 6.45) is 5.50. The van der Waals surface area contributed by atoms with E-state index >= 15 is 0 Å². The highest BCUT2D eigenvalue weighted by Gasteiger charge is 2.26. The average Bonchev–Trinajstić information content (AvgIpc) is 2.65. The molecule has 1 saturated carbocycles. The van der Waals surface area contributed by atoms with Crippen molar-refractivity contribution in [3.05, 3.63) is 0 Å². The molecular weight excluding hydrogens is 176 g/mol. The molecule has 1 fully saturated rings. The minimum Gasteiger partial charge on any atom is -0.462 e. The van der Waals surface area contributed by atoms with Crippen molar-refractivity contribution in [3.63, 3.8) is 0 Å². The molecule has 0 aromatic carbocycles. The molecule has 1 aliphatic rings. The van der Waals surface area contributed by atoms with E-state index < -0.39 is 0 Å². The van der Waals surface area contributed by atoms with Crippen LogP contribution in [-0.2, 0) is 9.53 Å². The first-order chi connectivity index (χ1) is 6.65. The Labute approximate surface area is 87.0 Å². The molecule has 0 saturated heterocycles. The fourth-order valence-electron chi connectivity index (χ4n) is 2.10. The molecule has 1 rings (SSSR count). The molecule has 0 N–H and O–H groups in total. The summed E-state index contributed by atoms with van der Waals surface area (Å²) in [5.41, 5.74) is 0. The van der Waals surface area contributed by atoms with Gasteiger partial charge in [0.25, 0.3) is 0 Å². The highest BCUT2D eigenvalue weighted by atomic mass is 16.5. The van der Waals surface area contributed by atoms with Crippen molar-refractivity contribution in [1.82, 2.24) is 0 Å². The Morgan fingerprint density at radius 2 is 1.93 bits per heavy atom. The maximum atomic E-state index is 11.7. The van der Waals surface area contributed by atoms with E-state index in [0.29, 0.717) is 5.92 Å². The minimum atomic E-state index is 0.0445. The molecule has 0 aromatic rings. The Hall–Kier alpha value is -0.530. The van der Waals surface area contributed by atoms with Gasteiger partial charge in [0.1, 0.15) is 6.10 Å². The highest BCUT2D eigenvalue weighted by molar-refractivity contribution is 5.72. The average molecular weight is 198 g/mol. The Morgan fingerprint density at radius 3 is 2.36 bits per heavy atom. The van der Waals surface area contributed by atoms with Gasteiger partial charge in [-0.2, -0.15) is 0 Å². The molecule has 0 radical (unpaired) electrons. The van der Waals surface area contributed by atoms with E-state index in [2.05, 4.69) is 20.8 Å². The van der Waals surface area contributed by atoms with Crippen LogP contribution in [0.15, 0.2) is 0 Å². The molecule has 1 unspecified atom stereocenters. The van der Waals surface area contributed by atoms with Crippen LogP contribution in [0.2, 0.25) is 0 Å². The normalized spacial score (nSPS) is 20.0. The van der Waals surface area contributed by atoms with Gasteiger partial charge in [-0.3, -0.25) is 4.79 Å². The molecule has 14 heavy (non-hydrogen) atoms. The summed E-state index contributed by atoms with van der Waals surface area (Å²) in [6.45, 7) is 6.29. The van der Waals surface area contributed by atoms with Crippen molar-refractivity contribution in [1.29, 1.82) is 0 Å². The van der Waals surface area contributed by atoms with E-state index in [9.17, 15) is 4.79 Å². The van der Waals surface area contributed by atoms with Gasteiger partial charge < -0.3 is 4.74 Å². The van der Waals surface area contributed by atoms with Gasteiger partial charge in [0.15, 0.2) is 0 Å². The smallest absolute Gasteiger partial charge is 0.309 e. The summed E-state index contributed by atoms with van der Waals surface area (Å²) < 4.78 is 5.51. The zero-order chi connectivity index (χ0) is 10.6. The summed E-state index contributed by atoms with van der Waals surface area (Å²) in [5, 5.41) is 0. The van der Waals surface area contributed by atoms with E-state index in [1.165, 1.54) is 12.8 Å². The van der Waals surface area contributed by atoms with Crippen LogP contribution < -0.4 is 0 Å². The van der Waals surface area contributed by atoms with Crippen LogP contribution in [0.3, 0.4) is 0 Å². The highest BCUT2D eigenvalue weighted by Crippen LogP contribution is 2.27. The molecule has 82 valence electrons. The number of carbonyl (C=O) groups is 1. The van der Waals surface area contributed by atoms with E-state index in [1.54, 1.807) is 0 Å². The Morgan fingerprint density at radius 1 is 1.36 bits per heavy atom. The van der Waals surface area contributed by atoms with Gasteiger partial charge >= 0.3 is 5.97 Å². The standard InChI is InChI=1S/C12H22O2/c1-4-11(9(2)3)14-12(13)10-7-5-6-8-10/h9-11H,4-8H2,1-3H3. The van der Waals surface area contributed by atoms with E-state index in [0.717, 1.165) is 19.3 Å². The third-order valence-electron chi connectivity index (χ3n) is 3.10. The lowest BCUT2D eigenvalue weighted by Gasteiger charge is -2.21. The van der Waals surface area contributed by atoms with Gasteiger partial charge in [0, 0.05) is 0 Å². The second kappa shape index (κ2) is 5.38. The van der Waals surface area contributed by atoms with Crippen LogP contribution in [0, 0.1) is 11.8 Å². The number of hydrogen-bond donors (Lipinski definition) is 0.